The van der Waals surface area contributed by atoms with Crippen LogP contribution in [0.4, 0.5) is 11.4 Å². The van der Waals surface area contributed by atoms with Crippen LogP contribution in [0.3, 0.4) is 0 Å². The van der Waals surface area contributed by atoms with Gasteiger partial charge in [0.1, 0.15) is 0 Å². The molecule has 0 saturated heterocycles. The van der Waals surface area contributed by atoms with Crippen molar-refractivity contribution in [1.82, 2.24) is 4.57 Å². The first-order valence-electron chi connectivity index (χ1n) is 9.25. The van der Waals surface area contributed by atoms with E-state index in [1.807, 2.05) is 25.1 Å². The third-order valence-electron chi connectivity index (χ3n) is 5.00. The van der Waals surface area contributed by atoms with E-state index < -0.39 is 0 Å². The van der Waals surface area contributed by atoms with E-state index in [0.717, 1.165) is 22.2 Å². The van der Waals surface area contributed by atoms with E-state index in [4.69, 9.17) is 17.3 Å². The minimum atomic E-state index is -0.183. The Bertz CT molecular complexity index is 1120. The van der Waals surface area contributed by atoms with Crippen LogP contribution in [0.2, 0.25) is 5.02 Å². The topological polar surface area (TPSA) is 68.3 Å². The summed E-state index contributed by atoms with van der Waals surface area (Å²) in [6.45, 7) is 6.65. The Morgan fingerprint density at radius 2 is 1.89 bits per heavy atom. The number of anilines is 2. The highest BCUT2D eigenvalue weighted by molar-refractivity contribution is 6.33. The van der Waals surface area contributed by atoms with Crippen molar-refractivity contribution in [3.05, 3.63) is 69.0 Å². The first-order valence-corrected chi connectivity index (χ1v) is 9.63. The molecular formula is C22H24ClN3O2. The van der Waals surface area contributed by atoms with E-state index >= 15 is 0 Å². The number of halogens is 1. The number of fused-ring (bicyclic) bond motifs is 1. The number of hydrogen-bond acceptors (Lipinski definition) is 3. The van der Waals surface area contributed by atoms with Crippen LogP contribution >= 0.6 is 11.6 Å². The van der Waals surface area contributed by atoms with Gasteiger partial charge in [0.15, 0.2) is 0 Å². The largest absolute Gasteiger partial charge is 0.398 e. The van der Waals surface area contributed by atoms with Crippen molar-refractivity contribution in [2.24, 2.45) is 0 Å². The molecule has 0 unspecified atom stereocenters. The second-order valence-electron chi connectivity index (χ2n) is 7.14. The zero-order chi connectivity index (χ0) is 20.6. The molecule has 5 nitrogen and oxygen atoms in total. The number of nitrogen functional groups attached to an aromatic ring is 1. The number of benzene rings is 2. The monoisotopic (exact) mass is 397 g/mol. The van der Waals surface area contributed by atoms with Crippen molar-refractivity contribution < 1.29 is 4.79 Å². The zero-order valence-corrected chi connectivity index (χ0v) is 17.2. The average molecular weight is 398 g/mol. The maximum Gasteiger partial charge on any atom is 0.258 e. The van der Waals surface area contributed by atoms with Crippen molar-refractivity contribution in [2.75, 3.05) is 17.7 Å². The van der Waals surface area contributed by atoms with Crippen LogP contribution in [0, 0.1) is 0 Å². The molecule has 0 saturated carbocycles. The lowest BCUT2D eigenvalue weighted by atomic mass is 9.98. The molecule has 0 aliphatic carbocycles. The molecule has 0 aliphatic heterocycles. The fraction of sp³-hybridized carbons (Fsp3) is 0.273. The minimum absolute atomic E-state index is 0.00693. The molecule has 28 heavy (non-hydrogen) atoms. The molecule has 1 amide bonds. The lowest BCUT2D eigenvalue weighted by Gasteiger charge is -2.21. The molecular weight excluding hydrogens is 374 g/mol. The Hall–Kier alpha value is -2.79. The number of nitrogens with zero attached hydrogens (tertiary/aromatic N) is 2. The van der Waals surface area contributed by atoms with Gasteiger partial charge >= 0.3 is 0 Å². The molecule has 0 spiro atoms. The summed E-state index contributed by atoms with van der Waals surface area (Å²) in [5, 5.41) is 1.40. The molecule has 0 atom stereocenters. The Morgan fingerprint density at radius 1 is 1.18 bits per heavy atom. The normalized spacial score (nSPS) is 11.2. The number of carbonyl (C=O) groups is 1. The van der Waals surface area contributed by atoms with E-state index in [2.05, 4.69) is 13.8 Å². The Labute approximate surface area is 169 Å². The molecule has 3 rings (SSSR count). The number of amides is 1. The maximum absolute atomic E-state index is 12.9. The molecule has 0 bridgehead atoms. The second-order valence-corrected chi connectivity index (χ2v) is 7.55. The summed E-state index contributed by atoms with van der Waals surface area (Å²) in [7, 11) is 1.72. The van der Waals surface area contributed by atoms with Gasteiger partial charge in [-0.05, 0) is 54.8 Å². The third kappa shape index (κ3) is 3.50. The standard InChI is InChI=1S/C22H24ClN3O2/c1-5-26-20-9-7-15(11-17(20)16(13(2)3)12-21(26)27)25(4)22(28)14-6-8-18(23)19(24)10-14/h6-13H,5,24H2,1-4H3. The molecule has 1 heterocycles. The summed E-state index contributed by atoms with van der Waals surface area (Å²) in [6, 6.07) is 12.3. The number of hydrogen-bond donors (Lipinski definition) is 1. The van der Waals surface area contributed by atoms with Gasteiger partial charge in [-0.1, -0.05) is 25.4 Å². The van der Waals surface area contributed by atoms with Gasteiger partial charge in [-0.25, -0.2) is 0 Å². The summed E-state index contributed by atoms with van der Waals surface area (Å²) < 4.78 is 1.74. The van der Waals surface area contributed by atoms with Crippen molar-refractivity contribution in [3.63, 3.8) is 0 Å². The number of aryl methyl sites for hydroxylation is 1. The maximum atomic E-state index is 12.9. The van der Waals surface area contributed by atoms with E-state index in [1.54, 1.807) is 40.8 Å². The predicted molar refractivity (Wildman–Crippen MR) is 117 cm³/mol. The molecule has 146 valence electrons. The predicted octanol–water partition coefficient (Wildman–Crippen LogP) is 4.66. The minimum Gasteiger partial charge on any atom is -0.398 e. The second kappa shape index (κ2) is 7.68. The van der Waals surface area contributed by atoms with Gasteiger partial charge in [0.05, 0.1) is 16.2 Å². The Morgan fingerprint density at radius 3 is 2.50 bits per heavy atom. The van der Waals surface area contributed by atoms with E-state index in [-0.39, 0.29) is 17.4 Å². The van der Waals surface area contributed by atoms with E-state index in [1.165, 1.54) is 0 Å². The first-order chi connectivity index (χ1) is 13.2. The van der Waals surface area contributed by atoms with Crippen molar-refractivity contribution in [1.29, 1.82) is 0 Å². The van der Waals surface area contributed by atoms with Gasteiger partial charge in [-0.15, -0.1) is 0 Å². The number of nitrogens with two attached hydrogens (primary N) is 1. The van der Waals surface area contributed by atoms with Crippen LogP contribution in [-0.2, 0) is 6.54 Å². The Balaban J connectivity index is 2.11. The summed E-state index contributed by atoms with van der Waals surface area (Å²) in [5.74, 6) is 0.00616. The molecule has 1 aromatic heterocycles. The molecule has 0 fully saturated rings. The fourth-order valence-electron chi connectivity index (χ4n) is 3.40. The number of carbonyl (C=O) groups excluding carboxylic acids is 1. The quantitative estimate of drug-likeness (QED) is 0.651. The molecule has 2 N–H and O–H groups in total. The highest BCUT2D eigenvalue weighted by atomic mass is 35.5. The van der Waals surface area contributed by atoms with Gasteiger partial charge in [0, 0.05) is 36.3 Å². The van der Waals surface area contributed by atoms with Crippen molar-refractivity contribution >= 4 is 39.8 Å². The number of rotatable bonds is 4. The lowest BCUT2D eigenvalue weighted by molar-refractivity contribution is 0.0993. The summed E-state index contributed by atoms with van der Waals surface area (Å²) in [5.41, 5.74) is 9.26. The number of aromatic nitrogens is 1. The van der Waals surface area contributed by atoms with E-state index in [9.17, 15) is 9.59 Å². The van der Waals surface area contributed by atoms with Crippen molar-refractivity contribution in [2.45, 2.75) is 33.2 Å². The van der Waals surface area contributed by atoms with Gasteiger partial charge in [-0.2, -0.15) is 0 Å². The van der Waals surface area contributed by atoms with Crippen LogP contribution in [0.1, 0.15) is 42.6 Å². The van der Waals surface area contributed by atoms with Gasteiger partial charge in [0.2, 0.25) is 0 Å². The average Bonchev–Trinajstić information content (AvgIpc) is 2.67. The van der Waals surface area contributed by atoms with Crippen LogP contribution < -0.4 is 16.2 Å². The number of pyridine rings is 1. The molecule has 2 aromatic carbocycles. The summed E-state index contributed by atoms with van der Waals surface area (Å²) in [4.78, 5) is 26.9. The van der Waals surface area contributed by atoms with Crippen molar-refractivity contribution in [3.8, 4) is 0 Å². The highest BCUT2D eigenvalue weighted by Gasteiger charge is 2.17. The molecule has 6 heteroatoms. The fourth-order valence-corrected chi connectivity index (χ4v) is 3.52. The SMILES string of the molecule is CCn1c(=O)cc(C(C)C)c2cc(N(C)C(=O)c3ccc(Cl)c(N)c3)ccc21. The zero-order valence-electron chi connectivity index (χ0n) is 16.5. The van der Waals surface area contributed by atoms with Crippen LogP contribution in [0.5, 0.6) is 0 Å². The van der Waals surface area contributed by atoms with Crippen LogP contribution in [0.15, 0.2) is 47.3 Å². The first kappa shape index (κ1) is 20.0. The third-order valence-corrected chi connectivity index (χ3v) is 5.34. The Kier molecular flexibility index (Phi) is 5.47. The van der Waals surface area contributed by atoms with Gasteiger partial charge in [-0.3, -0.25) is 9.59 Å². The molecule has 0 aliphatic rings. The molecule has 3 aromatic rings. The lowest BCUT2D eigenvalue weighted by Crippen LogP contribution is -2.26. The van der Waals surface area contributed by atoms with Gasteiger partial charge < -0.3 is 15.2 Å². The molecule has 0 radical (unpaired) electrons. The van der Waals surface area contributed by atoms with Crippen LogP contribution in [-0.4, -0.2) is 17.5 Å². The van der Waals surface area contributed by atoms with Gasteiger partial charge in [0.25, 0.3) is 11.5 Å². The highest BCUT2D eigenvalue weighted by Crippen LogP contribution is 2.29. The summed E-state index contributed by atoms with van der Waals surface area (Å²) >= 11 is 5.96. The van der Waals surface area contributed by atoms with Crippen LogP contribution in [0.25, 0.3) is 10.9 Å². The smallest absolute Gasteiger partial charge is 0.258 e. The van der Waals surface area contributed by atoms with E-state index in [0.29, 0.717) is 22.8 Å². The summed E-state index contributed by atoms with van der Waals surface area (Å²) in [6.07, 6.45) is 0.